The molecule has 1 saturated heterocycles. The van der Waals surface area contributed by atoms with E-state index >= 15 is 0 Å². The molecule has 0 aliphatic carbocycles. The number of halogens is 1. The van der Waals surface area contributed by atoms with Crippen LogP contribution < -0.4 is 15.8 Å². The van der Waals surface area contributed by atoms with E-state index in [1.807, 2.05) is 26.0 Å². The van der Waals surface area contributed by atoms with Crippen LogP contribution in [0.15, 0.2) is 47.4 Å². The predicted octanol–water partition coefficient (Wildman–Crippen LogP) is 3.15. The van der Waals surface area contributed by atoms with Gasteiger partial charge in [0, 0.05) is 36.6 Å². The molecule has 0 bridgehead atoms. The number of ether oxygens (including phenoxy) is 1. The van der Waals surface area contributed by atoms with Crippen LogP contribution in [0.1, 0.15) is 24.1 Å². The van der Waals surface area contributed by atoms with Crippen molar-refractivity contribution in [2.24, 2.45) is 0 Å². The van der Waals surface area contributed by atoms with Crippen LogP contribution in [-0.4, -0.2) is 35.7 Å². The number of morpholine rings is 1. The Morgan fingerprint density at radius 3 is 2.75 bits per heavy atom. The van der Waals surface area contributed by atoms with E-state index in [1.54, 1.807) is 22.7 Å². The summed E-state index contributed by atoms with van der Waals surface area (Å²) in [6, 6.07) is 9.77. The Bertz CT molecular complexity index is 1060. The average molecular weight is 382 g/mol. The summed E-state index contributed by atoms with van der Waals surface area (Å²) in [6.45, 7) is 6.59. The first-order chi connectivity index (χ1) is 13.5. The summed E-state index contributed by atoms with van der Waals surface area (Å²) in [5.41, 5.74) is 3.01. The molecule has 1 aliphatic rings. The number of hydrogen-bond donors (Lipinski definition) is 1. The van der Waals surface area contributed by atoms with Crippen molar-refractivity contribution in [1.29, 1.82) is 0 Å². The lowest BCUT2D eigenvalue weighted by Crippen LogP contribution is -2.37. The van der Waals surface area contributed by atoms with Gasteiger partial charge in [-0.05, 0) is 43.7 Å². The number of anilines is 2. The third kappa shape index (κ3) is 3.71. The number of aromatic nitrogens is 2. The Morgan fingerprint density at radius 1 is 1.21 bits per heavy atom. The fourth-order valence-electron chi connectivity index (χ4n) is 3.54. The van der Waals surface area contributed by atoms with Crippen LogP contribution in [0.5, 0.6) is 0 Å². The van der Waals surface area contributed by atoms with Crippen LogP contribution in [0, 0.1) is 12.7 Å². The van der Waals surface area contributed by atoms with Gasteiger partial charge in [0.25, 0.3) is 5.56 Å². The second kappa shape index (κ2) is 7.59. The van der Waals surface area contributed by atoms with Crippen molar-refractivity contribution in [1.82, 2.24) is 9.38 Å². The quantitative estimate of drug-likeness (QED) is 0.751. The van der Waals surface area contributed by atoms with Crippen molar-refractivity contribution in [2.75, 3.05) is 36.5 Å². The van der Waals surface area contributed by atoms with E-state index in [9.17, 15) is 9.18 Å². The number of benzene rings is 1. The van der Waals surface area contributed by atoms with E-state index in [0.717, 1.165) is 11.1 Å². The summed E-state index contributed by atoms with van der Waals surface area (Å²) < 4.78 is 20.5. The van der Waals surface area contributed by atoms with E-state index in [-0.39, 0.29) is 17.4 Å². The SMILES string of the molecule is Cc1cc(C(C)Nc2cccc(F)c2)c2nc(N3CCOCC3)cc(=O)n2c1. The van der Waals surface area contributed by atoms with Gasteiger partial charge in [-0.15, -0.1) is 0 Å². The Balaban J connectivity index is 1.77. The minimum absolute atomic E-state index is 0.116. The monoisotopic (exact) mass is 382 g/mol. The largest absolute Gasteiger partial charge is 0.378 e. The zero-order valence-corrected chi connectivity index (χ0v) is 16.0. The maximum Gasteiger partial charge on any atom is 0.259 e. The van der Waals surface area contributed by atoms with Gasteiger partial charge in [0.2, 0.25) is 0 Å². The number of rotatable bonds is 4. The van der Waals surface area contributed by atoms with Crippen LogP contribution in [0.4, 0.5) is 15.9 Å². The standard InChI is InChI=1S/C21H23FN4O2/c1-14-10-18(15(2)23-17-5-3-4-16(22)11-17)21-24-19(12-20(27)26(21)13-14)25-6-8-28-9-7-25/h3-5,10-13,15,23H,6-9H2,1-2H3. The van der Waals surface area contributed by atoms with Crippen molar-refractivity contribution >= 4 is 17.2 Å². The predicted molar refractivity (Wildman–Crippen MR) is 108 cm³/mol. The van der Waals surface area contributed by atoms with Crippen LogP contribution in [-0.2, 0) is 4.74 Å². The molecule has 0 amide bonds. The lowest BCUT2D eigenvalue weighted by Gasteiger charge is -2.28. The van der Waals surface area contributed by atoms with Crippen molar-refractivity contribution < 1.29 is 9.13 Å². The Labute approximate surface area is 162 Å². The maximum atomic E-state index is 13.5. The van der Waals surface area contributed by atoms with Crippen LogP contribution in [0.2, 0.25) is 0 Å². The number of aryl methyl sites for hydroxylation is 1. The summed E-state index contributed by atoms with van der Waals surface area (Å²) in [5.74, 6) is 0.367. The molecule has 0 radical (unpaired) electrons. The van der Waals surface area contributed by atoms with E-state index in [2.05, 4.69) is 10.2 Å². The van der Waals surface area contributed by atoms with E-state index in [0.29, 0.717) is 43.5 Å². The lowest BCUT2D eigenvalue weighted by molar-refractivity contribution is 0.122. The van der Waals surface area contributed by atoms with Crippen molar-refractivity contribution in [3.63, 3.8) is 0 Å². The third-order valence-electron chi connectivity index (χ3n) is 4.92. The van der Waals surface area contributed by atoms with Gasteiger partial charge in [-0.1, -0.05) is 6.07 Å². The molecule has 146 valence electrons. The normalized spacial score (nSPS) is 15.6. The molecule has 7 heteroatoms. The van der Waals surface area contributed by atoms with Gasteiger partial charge < -0.3 is 15.0 Å². The molecule has 1 aromatic carbocycles. The Kier molecular flexibility index (Phi) is 5.00. The van der Waals surface area contributed by atoms with Gasteiger partial charge in [-0.25, -0.2) is 9.37 Å². The summed E-state index contributed by atoms with van der Waals surface area (Å²) in [6.07, 6.45) is 1.80. The Hall–Kier alpha value is -2.93. The summed E-state index contributed by atoms with van der Waals surface area (Å²) >= 11 is 0. The molecule has 3 heterocycles. The average Bonchev–Trinajstić information content (AvgIpc) is 2.68. The summed E-state index contributed by atoms with van der Waals surface area (Å²) in [4.78, 5) is 19.6. The van der Waals surface area contributed by atoms with Gasteiger partial charge in [0.05, 0.1) is 19.3 Å². The molecule has 4 rings (SSSR count). The van der Waals surface area contributed by atoms with E-state index in [4.69, 9.17) is 9.72 Å². The van der Waals surface area contributed by atoms with Crippen LogP contribution in [0.3, 0.4) is 0 Å². The Morgan fingerprint density at radius 2 is 2.00 bits per heavy atom. The van der Waals surface area contributed by atoms with Gasteiger partial charge in [0.1, 0.15) is 17.3 Å². The molecule has 1 atom stereocenters. The third-order valence-corrected chi connectivity index (χ3v) is 4.92. The molecule has 1 fully saturated rings. The molecular weight excluding hydrogens is 359 g/mol. The molecule has 28 heavy (non-hydrogen) atoms. The smallest absolute Gasteiger partial charge is 0.259 e. The van der Waals surface area contributed by atoms with Gasteiger partial charge in [-0.2, -0.15) is 0 Å². The van der Waals surface area contributed by atoms with Gasteiger partial charge in [-0.3, -0.25) is 9.20 Å². The van der Waals surface area contributed by atoms with Gasteiger partial charge in [0.15, 0.2) is 0 Å². The van der Waals surface area contributed by atoms with Crippen molar-refractivity contribution in [2.45, 2.75) is 19.9 Å². The maximum absolute atomic E-state index is 13.5. The van der Waals surface area contributed by atoms with Gasteiger partial charge >= 0.3 is 0 Å². The second-order valence-electron chi connectivity index (χ2n) is 7.09. The number of nitrogens with zero attached hydrogens (tertiary/aromatic N) is 3. The lowest BCUT2D eigenvalue weighted by atomic mass is 10.1. The molecule has 3 aromatic rings. The molecule has 0 spiro atoms. The molecule has 1 aliphatic heterocycles. The first-order valence-electron chi connectivity index (χ1n) is 9.40. The second-order valence-corrected chi connectivity index (χ2v) is 7.09. The highest BCUT2D eigenvalue weighted by molar-refractivity contribution is 5.58. The molecule has 0 saturated carbocycles. The molecule has 6 nitrogen and oxygen atoms in total. The van der Waals surface area contributed by atoms with Crippen molar-refractivity contribution in [3.8, 4) is 0 Å². The highest BCUT2D eigenvalue weighted by Crippen LogP contribution is 2.25. The van der Waals surface area contributed by atoms with Crippen molar-refractivity contribution in [3.05, 3.63) is 69.9 Å². The fourth-order valence-corrected chi connectivity index (χ4v) is 3.54. The highest BCUT2D eigenvalue weighted by Gasteiger charge is 2.18. The first-order valence-corrected chi connectivity index (χ1v) is 9.40. The topological polar surface area (TPSA) is 58.9 Å². The summed E-state index contributed by atoms with van der Waals surface area (Å²) in [5, 5.41) is 3.31. The zero-order chi connectivity index (χ0) is 19.7. The molecule has 1 unspecified atom stereocenters. The minimum Gasteiger partial charge on any atom is -0.378 e. The minimum atomic E-state index is -0.296. The summed E-state index contributed by atoms with van der Waals surface area (Å²) in [7, 11) is 0. The fraction of sp³-hybridized carbons (Fsp3) is 0.333. The number of fused-ring (bicyclic) bond motifs is 1. The van der Waals surface area contributed by atoms with E-state index < -0.39 is 0 Å². The highest BCUT2D eigenvalue weighted by atomic mass is 19.1. The molecule has 1 N–H and O–H groups in total. The number of nitrogens with one attached hydrogen (secondary N) is 1. The van der Waals surface area contributed by atoms with Crippen LogP contribution >= 0.6 is 0 Å². The molecular formula is C21H23FN4O2. The zero-order valence-electron chi connectivity index (χ0n) is 16.0. The van der Waals surface area contributed by atoms with E-state index in [1.165, 1.54) is 12.1 Å². The number of hydrogen-bond acceptors (Lipinski definition) is 5. The van der Waals surface area contributed by atoms with Crippen LogP contribution in [0.25, 0.3) is 5.65 Å². The molecule has 2 aromatic heterocycles. The number of pyridine rings is 1. The first kappa shape index (κ1) is 18.4.